The van der Waals surface area contributed by atoms with E-state index in [1.54, 1.807) is 0 Å². The zero-order valence-electron chi connectivity index (χ0n) is 9.01. The van der Waals surface area contributed by atoms with Crippen LogP contribution in [-0.4, -0.2) is 23.4 Å². The van der Waals surface area contributed by atoms with Crippen LogP contribution >= 0.6 is 0 Å². The van der Waals surface area contributed by atoms with E-state index in [9.17, 15) is 31.1 Å². The van der Waals surface area contributed by atoms with E-state index in [4.69, 9.17) is 10.8 Å². The quantitative estimate of drug-likeness (QED) is 0.818. The fourth-order valence-electron chi connectivity index (χ4n) is 1.36. The van der Waals surface area contributed by atoms with E-state index in [0.717, 1.165) is 0 Å². The number of carbonyl (C=O) groups excluding carboxylic acids is 1. The molecule has 0 radical (unpaired) electrons. The second-order valence-electron chi connectivity index (χ2n) is 3.65. The van der Waals surface area contributed by atoms with Crippen molar-refractivity contribution >= 4 is 5.91 Å². The molecule has 9 heteroatoms. The number of carbonyl (C=O) groups is 1. The predicted molar refractivity (Wildman–Crippen MR) is 51.0 cm³/mol. The molecule has 0 aliphatic carbocycles. The molecule has 3 N–H and O–H groups in total. The SMILES string of the molecule is NC(=O)c1ccc(C(O)(C(F)(F)F)C(F)(F)F)cc1. The van der Waals surface area contributed by atoms with Gasteiger partial charge in [-0.15, -0.1) is 0 Å². The van der Waals surface area contributed by atoms with Crippen molar-refractivity contribution in [1.29, 1.82) is 0 Å². The summed E-state index contributed by atoms with van der Waals surface area (Å²) in [5.41, 5.74) is -1.93. The summed E-state index contributed by atoms with van der Waals surface area (Å²) in [7, 11) is 0. The standard InChI is InChI=1S/C10H7F6NO2/c11-9(12,13)8(19,10(14,15)16)6-3-1-5(2-4-6)7(17)18/h1-4,19H,(H2,17,18). The Labute approximate surface area is 102 Å². The third-order valence-corrected chi connectivity index (χ3v) is 2.41. The Bertz CT molecular complexity index is 462. The van der Waals surface area contributed by atoms with Crippen molar-refractivity contribution in [2.75, 3.05) is 0 Å². The van der Waals surface area contributed by atoms with Gasteiger partial charge in [0.25, 0.3) is 5.60 Å². The number of benzene rings is 1. The van der Waals surface area contributed by atoms with Gasteiger partial charge in [-0.05, 0) is 12.1 Å². The predicted octanol–water partition coefficient (Wildman–Crippen LogP) is 2.10. The Morgan fingerprint density at radius 3 is 1.58 bits per heavy atom. The minimum Gasteiger partial charge on any atom is -0.369 e. The average Bonchev–Trinajstić information content (AvgIpc) is 2.25. The number of aliphatic hydroxyl groups is 1. The Balaban J connectivity index is 3.40. The molecule has 1 amide bonds. The number of primary amides is 1. The van der Waals surface area contributed by atoms with E-state index in [0.29, 0.717) is 24.3 Å². The Hall–Kier alpha value is -1.77. The van der Waals surface area contributed by atoms with Gasteiger partial charge in [0.1, 0.15) is 0 Å². The molecule has 1 aromatic rings. The molecule has 0 aliphatic rings. The number of rotatable bonds is 2. The molecule has 3 nitrogen and oxygen atoms in total. The first-order valence-corrected chi connectivity index (χ1v) is 4.67. The van der Waals surface area contributed by atoms with E-state index >= 15 is 0 Å². The molecule has 0 unspecified atom stereocenters. The first-order chi connectivity index (χ1) is 8.41. The number of amides is 1. The molecule has 19 heavy (non-hydrogen) atoms. The maximum Gasteiger partial charge on any atom is 0.430 e. The van der Waals surface area contributed by atoms with Gasteiger partial charge < -0.3 is 10.8 Å². The van der Waals surface area contributed by atoms with Crippen LogP contribution in [-0.2, 0) is 5.60 Å². The number of halogens is 6. The van der Waals surface area contributed by atoms with Crippen molar-refractivity contribution < 1.29 is 36.2 Å². The van der Waals surface area contributed by atoms with Crippen molar-refractivity contribution in [2.24, 2.45) is 5.73 Å². The summed E-state index contributed by atoms with van der Waals surface area (Å²) in [5.74, 6) is -1.02. The van der Waals surface area contributed by atoms with Crippen LogP contribution in [0.2, 0.25) is 0 Å². The summed E-state index contributed by atoms with van der Waals surface area (Å²) in [6.45, 7) is 0. The normalized spacial score (nSPS) is 13.4. The van der Waals surface area contributed by atoms with Gasteiger partial charge in [-0.2, -0.15) is 26.3 Å². The number of hydrogen-bond acceptors (Lipinski definition) is 2. The first kappa shape index (κ1) is 15.3. The lowest BCUT2D eigenvalue weighted by Crippen LogP contribution is -2.53. The molecule has 106 valence electrons. The third-order valence-electron chi connectivity index (χ3n) is 2.41. The highest BCUT2D eigenvalue weighted by Gasteiger charge is 2.71. The molecule has 0 saturated carbocycles. The van der Waals surface area contributed by atoms with Gasteiger partial charge in [0.15, 0.2) is 0 Å². The lowest BCUT2D eigenvalue weighted by atomic mass is 9.91. The van der Waals surface area contributed by atoms with Crippen molar-refractivity contribution in [2.45, 2.75) is 18.0 Å². The minimum atomic E-state index is -5.96. The van der Waals surface area contributed by atoms with Crippen LogP contribution in [0.5, 0.6) is 0 Å². The highest BCUT2D eigenvalue weighted by atomic mass is 19.4. The highest BCUT2D eigenvalue weighted by molar-refractivity contribution is 5.92. The molecular formula is C10H7F6NO2. The second kappa shape index (κ2) is 4.41. The van der Waals surface area contributed by atoms with Crippen LogP contribution < -0.4 is 5.73 Å². The molecule has 0 atom stereocenters. The van der Waals surface area contributed by atoms with Crippen molar-refractivity contribution in [1.82, 2.24) is 0 Å². The van der Waals surface area contributed by atoms with E-state index in [2.05, 4.69) is 0 Å². The highest BCUT2D eigenvalue weighted by Crippen LogP contribution is 2.49. The summed E-state index contributed by atoms with van der Waals surface area (Å²) in [5, 5.41) is 9.02. The largest absolute Gasteiger partial charge is 0.430 e. The van der Waals surface area contributed by atoms with Crippen molar-refractivity contribution in [3.05, 3.63) is 35.4 Å². The maximum absolute atomic E-state index is 12.5. The second-order valence-corrected chi connectivity index (χ2v) is 3.65. The third kappa shape index (κ3) is 2.50. The summed E-state index contributed by atoms with van der Waals surface area (Å²) < 4.78 is 74.9. The molecule has 0 saturated heterocycles. The first-order valence-electron chi connectivity index (χ1n) is 4.67. The van der Waals surface area contributed by atoms with Crippen LogP contribution in [0.3, 0.4) is 0 Å². The van der Waals surface area contributed by atoms with Gasteiger partial charge >= 0.3 is 12.4 Å². The maximum atomic E-state index is 12.5. The van der Waals surface area contributed by atoms with Gasteiger partial charge in [0, 0.05) is 11.1 Å². The summed E-state index contributed by atoms with van der Waals surface area (Å²) in [6, 6.07) is 2.03. The summed E-state index contributed by atoms with van der Waals surface area (Å²) >= 11 is 0. The molecule has 0 aromatic heterocycles. The van der Waals surface area contributed by atoms with Crippen LogP contribution in [0.1, 0.15) is 15.9 Å². The van der Waals surface area contributed by atoms with Crippen LogP contribution in [0.25, 0.3) is 0 Å². The average molecular weight is 287 g/mol. The van der Waals surface area contributed by atoms with Gasteiger partial charge in [0.2, 0.25) is 5.91 Å². The van der Waals surface area contributed by atoms with E-state index in [-0.39, 0.29) is 5.56 Å². The zero-order chi connectivity index (χ0) is 15.1. The smallest absolute Gasteiger partial charge is 0.369 e. The van der Waals surface area contributed by atoms with E-state index in [1.807, 2.05) is 0 Å². The Kier molecular flexibility index (Phi) is 3.55. The van der Waals surface area contributed by atoms with Gasteiger partial charge in [-0.25, -0.2) is 0 Å². The van der Waals surface area contributed by atoms with Crippen LogP contribution in [0.15, 0.2) is 24.3 Å². The molecule has 0 spiro atoms. The van der Waals surface area contributed by atoms with Gasteiger partial charge in [0.05, 0.1) is 0 Å². The van der Waals surface area contributed by atoms with Crippen LogP contribution in [0.4, 0.5) is 26.3 Å². The lowest BCUT2D eigenvalue weighted by Gasteiger charge is -2.32. The molecule has 1 rings (SSSR count). The Morgan fingerprint density at radius 1 is 0.947 bits per heavy atom. The van der Waals surface area contributed by atoms with E-state index < -0.39 is 29.4 Å². The topological polar surface area (TPSA) is 63.3 Å². The number of alkyl halides is 6. The molecule has 0 fully saturated rings. The number of hydrogen-bond donors (Lipinski definition) is 2. The van der Waals surface area contributed by atoms with Gasteiger partial charge in [-0.3, -0.25) is 4.79 Å². The van der Waals surface area contributed by atoms with Crippen molar-refractivity contribution in [3.63, 3.8) is 0 Å². The molecule has 1 aromatic carbocycles. The number of nitrogens with two attached hydrogens (primary N) is 1. The molecule has 0 heterocycles. The molecule has 0 bridgehead atoms. The lowest BCUT2D eigenvalue weighted by molar-refractivity contribution is -0.376. The summed E-state index contributed by atoms with van der Waals surface area (Å²) in [4.78, 5) is 10.7. The monoisotopic (exact) mass is 287 g/mol. The zero-order valence-corrected chi connectivity index (χ0v) is 9.01. The van der Waals surface area contributed by atoms with Crippen molar-refractivity contribution in [3.8, 4) is 0 Å². The minimum absolute atomic E-state index is 0.282. The van der Waals surface area contributed by atoms with Crippen LogP contribution in [0, 0.1) is 0 Å². The Morgan fingerprint density at radius 2 is 1.32 bits per heavy atom. The fraction of sp³-hybridized carbons (Fsp3) is 0.300. The van der Waals surface area contributed by atoms with E-state index in [1.165, 1.54) is 0 Å². The molecular weight excluding hydrogens is 280 g/mol. The summed E-state index contributed by atoms with van der Waals surface area (Å²) in [6.07, 6.45) is -11.9. The van der Waals surface area contributed by atoms with Gasteiger partial charge in [-0.1, -0.05) is 12.1 Å². The molecule has 0 aliphatic heterocycles. The fourth-order valence-corrected chi connectivity index (χ4v) is 1.36.